The fraction of sp³-hybridized carbons (Fsp3) is 0.348. The average molecular weight is 439 g/mol. The number of amides is 1. The van der Waals surface area contributed by atoms with Crippen LogP contribution < -0.4 is 21.3 Å². The van der Waals surface area contributed by atoms with Gasteiger partial charge in [0, 0.05) is 31.6 Å². The number of carbonyl (C=O) groups is 1. The van der Waals surface area contributed by atoms with Gasteiger partial charge < -0.3 is 21.3 Å². The molecule has 4 N–H and O–H groups in total. The Kier molecular flexibility index (Phi) is 6.13. The molecule has 1 heterocycles. The highest BCUT2D eigenvalue weighted by Gasteiger charge is 2.24. The number of aromatic nitrogens is 2. The minimum Gasteiger partial charge on any atom is -0.398 e. The fourth-order valence-corrected chi connectivity index (χ4v) is 4.23. The number of carbonyl (C=O) groups excluding carboxylic acids is 1. The number of hydrogen-bond donors (Lipinski definition) is 3. The molecule has 1 amide bonds. The zero-order valence-corrected chi connectivity index (χ0v) is 18.5. The number of rotatable bonds is 5. The number of halogens is 1. The van der Waals surface area contributed by atoms with E-state index in [1.807, 2.05) is 43.3 Å². The summed E-state index contributed by atoms with van der Waals surface area (Å²) in [6.45, 7) is 0. The lowest BCUT2D eigenvalue weighted by molar-refractivity contribution is 0.0926. The lowest BCUT2D eigenvalue weighted by Crippen LogP contribution is -2.40. The second-order valence-electron chi connectivity index (χ2n) is 8.16. The summed E-state index contributed by atoms with van der Waals surface area (Å²) in [6, 6.07) is 13.5. The third-order valence-corrected chi connectivity index (χ3v) is 6.10. The van der Waals surface area contributed by atoms with Gasteiger partial charge in [0.25, 0.3) is 5.91 Å². The second kappa shape index (κ2) is 8.98. The molecule has 0 radical (unpaired) electrons. The smallest absolute Gasteiger partial charge is 0.253 e. The van der Waals surface area contributed by atoms with Crippen LogP contribution in [-0.4, -0.2) is 42.1 Å². The molecule has 3 aromatic rings. The van der Waals surface area contributed by atoms with Crippen molar-refractivity contribution in [1.82, 2.24) is 15.3 Å². The molecule has 4 rings (SSSR count). The van der Waals surface area contributed by atoms with Crippen LogP contribution in [0.5, 0.6) is 0 Å². The Morgan fingerprint density at radius 3 is 2.48 bits per heavy atom. The number of para-hydroxylation sites is 1. The van der Waals surface area contributed by atoms with E-state index >= 15 is 0 Å². The molecular weight excluding hydrogens is 412 g/mol. The van der Waals surface area contributed by atoms with Gasteiger partial charge in [-0.25, -0.2) is 4.98 Å². The number of nitrogen functional groups attached to an aromatic ring is 1. The lowest BCUT2D eigenvalue weighted by atomic mass is 9.91. The molecule has 31 heavy (non-hydrogen) atoms. The Morgan fingerprint density at radius 2 is 1.74 bits per heavy atom. The Hall–Kier alpha value is -3.06. The molecule has 2 aromatic carbocycles. The van der Waals surface area contributed by atoms with E-state index in [1.165, 1.54) is 0 Å². The van der Waals surface area contributed by atoms with E-state index in [-0.39, 0.29) is 18.0 Å². The predicted molar refractivity (Wildman–Crippen MR) is 127 cm³/mol. The number of nitrogens with one attached hydrogen (secondary N) is 2. The number of fused-ring (bicyclic) bond motifs is 1. The summed E-state index contributed by atoms with van der Waals surface area (Å²) in [4.78, 5) is 24.0. The standard InChI is InChI=1S/C23H27ClN6O/c1-30(2)21-16-6-3-4-9-19(16)28-23(29-21)27-15-12-10-14(11-13-15)26-22(31)17-7-5-8-18(25)20(17)24/h3-9,14-15H,10-13,25H2,1-2H3,(H,26,31)(H,27,28,29). The third kappa shape index (κ3) is 4.66. The van der Waals surface area contributed by atoms with Crippen LogP contribution in [0.2, 0.25) is 5.02 Å². The van der Waals surface area contributed by atoms with Crippen molar-refractivity contribution < 1.29 is 4.79 Å². The Bertz CT molecular complexity index is 1090. The molecule has 0 bridgehead atoms. The van der Waals surface area contributed by atoms with Crippen LogP contribution in [0.4, 0.5) is 17.5 Å². The highest BCUT2D eigenvalue weighted by molar-refractivity contribution is 6.36. The first kappa shape index (κ1) is 21.2. The molecule has 0 aliphatic heterocycles. The van der Waals surface area contributed by atoms with Crippen molar-refractivity contribution in [2.45, 2.75) is 37.8 Å². The highest BCUT2D eigenvalue weighted by atomic mass is 35.5. The molecule has 0 saturated heterocycles. The van der Waals surface area contributed by atoms with Crippen LogP contribution >= 0.6 is 11.6 Å². The molecule has 1 aliphatic rings. The first-order valence-electron chi connectivity index (χ1n) is 10.5. The molecule has 1 aliphatic carbocycles. The largest absolute Gasteiger partial charge is 0.398 e. The van der Waals surface area contributed by atoms with Crippen LogP contribution in [0.25, 0.3) is 10.9 Å². The SMILES string of the molecule is CN(C)c1nc(NC2CCC(NC(=O)c3cccc(N)c3Cl)CC2)nc2ccccc12. The molecule has 1 aromatic heterocycles. The molecule has 0 unspecified atom stereocenters. The fourth-order valence-electron chi connectivity index (χ4n) is 4.02. The van der Waals surface area contributed by atoms with E-state index in [0.717, 1.165) is 42.4 Å². The maximum Gasteiger partial charge on any atom is 0.253 e. The van der Waals surface area contributed by atoms with E-state index in [9.17, 15) is 4.79 Å². The van der Waals surface area contributed by atoms with Gasteiger partial charge in [-0.15, -0.1) is 0 Å². The molecule has 0 atom stereocenters. The highest BCUT2D eigenvalue weighted by Crippen LogP contribution is 2.27. The van der Waals surface area contributed by atoms with E-state index in [4.69, 9.17) is 27.3 Å². The zero-order valence-electron chi connectivity index (χ0n) is 17.7. The molecule has 7 nitrogen and oxygen atoms in total. The number of benzene rings is 2. The first-order chi connectivity index (χ1) is 14.9. The molecule has 0 spiro atoms. The quantitative estimate of drug-likeness (QED) is 0.519. The lowest BCUT2D eigenvalue weighted by Gasteiger charge is -2.30. The van der Waals surface area contributed by atoms with Crippen molar-refractivity contribution in [3.05, 3.63) is 53.1 Å². The summed E-state index contributed by atoms with van der Waals surface area (Å²) in [7, 11) is 3.97. The molecule has 8 heteroatoms. The van der Waals surface area contributed by atoms with Gasteiger partial charge in [0.2, 0.25) is 5.95 Å². The van der Waals surface area contributed by atoms with Crippen molar-refractivity contribution >= 4 is 45.9 Å². The van der Waals surface area contributed by atoms with Crippen LogP contribution in [0.1, 0.15) is 36.0 Å². The Labute approximate surface area is 187 Å². The van der Waals surface area contributed by atoms with Gasteiger partial charge in [0.15, 0.2) is 0 Å². The van der Waals surface area contributed by atoms with Gasteiger partial charge >= 0.3 is 0 Å². The number of nitrogens with zero attached hydrogens (tertiary/aromatic N) is 3. The van der Waals surface area contributed by atoms with Crippen molar-refractivity contribution in [3.63, 3.8) is 0 Å². The van der Waals surface area contributed by atoms with Crippen LogP contribution in [0, 0.1) is 0 Å². The van der Waals surface area contributed by atoms with Gasteiger partial charge in [-0.05, 0) is 49.9 Å². The van der Waals surface area contributed by atoms with Gasteiger partial charge in [0.1, 0.15) is 5.82 Å². The van der Waals surface area contributed by atoms with Crippen molar-refractivity contribution in [2.75, 3.05) is 30.0 Å². The van der Waals surface area contributed by atoms with E-state index in [0.29, 0.717) is 22.2 Å². The van der Waals surface area contributed by atoms with Crippen molar-refractivity contribution in [3.8, 4) is 0 Å². The van der Waals surface area contributed by atoms with E-state index in [1.54, 1.807) is 18.2 Å². The second-order valence-corrected chi connectivity index (χ2v) is 8.54. The summed E-state index contributed by atoms with van der Waals surface area (Å²) in [5.74, 6) is 1.36. The van der Waals surface area contributed by atoms with Gasteiger partial charge in [-0.3, -0.25) is 4.79 Å². The summed E-state index contributed by atoms with van der Waals surface area (Å²) in [5.41, 5.74) is 7.56. The monoisotopic (exact) mass is 438 g/mol. The summed E-state index contributed by atoms with van der Waals surface area (Å²) in [6.07, 6.45) is 3.58. The third-order valence-electron chi connectivity index (χ3n) is 5.68. The van der Waals surface area contributed by atoms with Crippen LogP contribution in [0.3, 0.4) is 0 Å². The number of anilines is 3. The topological polar surface area (TPSA) is 96.2 Å². The minimum absolute atomic E-state index is 0.109. The maximum atomic E-state index is 12.6. The Balaban J connectivity index is 1.38. The van der Waals surface area contributed by atoms with E-state index < -0.39 is 0 Å². The van der Waals surface area contributed by atoms with Gasteiger partial charge in [-0.2, -0.15) is 4.98 Å². The Morgan fingerprint density at radius 1 is 1.03 bits per heavy atom. The predicted octanol–water partition coefficient (Wildman–Crippen LogP) is 4.08. The maximum absolute atomic E-state index is 12.6. The minimum atomic E-state index is -0.179. The summed E-state index contributed by atoms with van der Waals surface area (Å²) < 4.78 is 0. The average Bonchev–Trinajstić information content (AvgIpc) is 2.76. The van der Waals surface area contributed by atoms with Crippen LogP contribution in [0.15, 0.2) is 42.5 Å². The normalized spacial score (nSPS) is 18.5. The summed E-state index contributed by atoms with van der Waals surface area (Å²) >= 11 is 6.18. The van der Waals surface area contributed by atoms with Crippen molar-refractivity contribution in [2.24, 2.45) is 0 Å². The molecule has 1 fully saturated rings. The molecule has 1 saturated carbocycles. The van der Waals surface area contributed by atoms with E-state index in [2.05, 4.69) is 10.6 Å². The van der Waals surface area contributed by atoms with Gasteiger partial charge in [0.05, 0.1) is 21.8 Å². The number of hydrogen-bond acceptors (Lipinski definition) is 6. The summed E-state index contributed by atoms with van der Waals surface area (Å²) in [5, 5.41) is 7.92. The molecular formula is C23H27ClN6O. The molecule has 162 valence electrons. The first-order valence-corrected chi connectivity index (χ1v) is 10.9. The number of nitrogens with two attached hydrogens (primary N) is 1. The van der Waals surface area contributed by atoms with Crippen LogP contribution in [-0.2, 0) is 0 Å². The van der Waals surface area contributed by atoms with Crippen molar-refractivity contribution in [1.29, 1.82) is 0 Å². The van der Waals surface area contributed by atoms with Gasteiger partial charge in [-0.1, -0.05) is 29.8 Å². The zero-order chi connectivity index (χ0) is 22.0.